The lowest BCUT2D eigenvalue weighted by atomic mass is 10.1. The van der Waals surface area contributed by atoms with Crippen LogP contribution in [0.4, 0.5) is 5.69 Å². The Balaban J connectivity index is 3.05. The largest absolute Gasteiger partial charge is 0.478 e. The summed E-state index contributed by atoms with van der Waals surface area (Å²) < 4.78 is 0. The third kappa shape index (κ3) is 4.11. The summed E-state index contributed by atoms with van der Waals surface area (Å²) in [6.07, 6.45) is 0. The molecule has 6 nitrogen and oxygen atoms in total. The molecule has 3 N–H and O–H groups in total. The van der Waals surface area contributed by atoms with Crippen molar-refractivity contribution >= 4 is 46.7 Å². The predicted molar refractivity (Wildman–Crippen MR) is 75.3 cm³/mol. The zero-order chi connectivity index (χ0) is 15.4. The number of rotatable bonds is 4. The lowest BCUT2D eigenvalue weighted by Crippen LogP contribution is -2.40. The van der Waals surface area contributed by atoms with Crippen molar-refractivity contribution in [2.45, 2.75) is 19.9 Å². The van der Waals surface area contributed by atoms with Crippen LogP contribution in [-0.4, -0.2) is 28.9 Å². The lowest BCUT2D eigenvalue weighted by molar-refractivity contribution is -0.124. The maximum Gasteiger partial charge on any atom is 0.337 e. The van der Waals surface area contributed by atoms with Crippen LogP contribution in [-0.2, 0) is 9.59 Å². The van der Waals surface area contributed by atoms with Gasteiger partial charge in [-0.15, -0.1) is 0 Å². The lowest BCUT2D eigenvalue weighted by Gasteiger charge is -2.15. The van der Waals surface area contributed by atoms with Crippen LogP contribution in [0.1, 0.15) is 24.2 Å². The molecule has 8 heteroatoms. The minimum absolute atomic E-state index is 0.00160. The molecular formula is C12H12Cl2N2O4. The Morgan fingerprint density at radius 3 is 2.35 bits per heavy atom. The third-order valence-electron chi connectivity index (χ3n) is 2.35. The van der Waals surface area contributed by atoms with Crippen molar-refractivity contribution in [1.29, 1.82) is 0 Å². The third-order valence-corrected chi connectivity index (χ3v) is 2.86. The molecule has 0 saturated carbocycles. The zero-order valence-corrected chi connectivity index (χ0v) is 12.2. The number of carboxylic acid groups (broad SMARTS) is 1. The van der Waals surface area contributed by atoms with E-state index in [2.05, 4.69) is 10.6 Å². The molecule has 2 amide bonds. The van der Waals surface area contributed by atoms with Gasteiger partial charge in [0.25, 0.3) is 0 Å². The maximum atomic E-state index is 11.8. The molecule has 0 radical (unpaired) electrons. The standard InChI is InChI=1S/C12H12Cl2N2O4/c1-5(15-6(2)17)11(18)16-10-8(12(19)20)3-7(13)4-9(10)14/h3-5H,1-2H3,(H,15,17)(H,16,18)(H,19,20). The van der Waals surface area contributed by atoms with E-state index in [9.17, 15) is 14.4 Å². The molecule has 1 aromatic carbocycles. The Kier molecular flexibility index (Phi) is 5.35. The fourth-order valence-electron chi connectivity index (χ4n) is 1.47. The number of halogens is 2. The van der Waals surface area contributed by atoms with Gasteiger partial charge in [-0.3, -0.25) is 9.59 Å². The number of aromatic carboxylic acids is 1. The summed E-state index contributed by atoms with van der Waals surface area (Å²) in [5, 5.41) is 14.0. The monoisotopic (exact) mass is 318 g/mol. The number of nitrogens with one attached hydrogen (secondary N) is 2. The molecule has 0 aromatic heterocycles. The average molecular weight is 319 g/mol. The van der Waals surface area contributed by atoms with Gasteiger partial charge in [-0.05, 0) is 19.1 Å². The Morgan fingerprint density at radius 2 is 1.85 bits per heavy atom. The zero-order valence-electron chi connectivity index (χ0n) is 10.7. The maximum absolute atomic E-state index is 11.8. The summed E-state index contributed by atoms with van der Waals surface area (Å²) in [4.78, 5) is 33.8. The highest BCUT2D eigenvalue weighted by Gasteiger charge is 2.20. The van der Waals surface area contributed by atoms with Gasteiger partial charge in [-0.25, -0.2) is 4.79 Å². The molecule has 1 atom stereocenters. The number of carboxylic acids is 1. The quantitative estimate of drug-likeness (QED) is 0.792. The summed E-state index contributed by atoms with van der Waals surface area (Å²) in [5.74, 6) is -2.25. The van der Waals surface area contributed by atoms with Gasteiger partial charge in [0.2, 0.25) is 11.8 Å². The average Bonchev–Trinajstić information content (AvgIpc) is 2.30. The van der Waals surface area contributed by atoms with Crippen molar-refractivity contribution in [2.24, 2.45) is 0 Å². The van der Waals surface area contributed by atoms with Crippen molar-refractivity contribution in [3.8, 4) is 0 Å². The number of hydrogen-bond donors (Lipinski definition) is 3. The van der Waals surface area contributed by atoms with Crippen molar-refractivity contribution in [3.05, 3.63) is 27.7 Å². The summed E-state index contributed by atoms with van der Waals surface area (Å²) >= 11 is 11.6. The molecule has 0 heterocycles. The first-order valence-corrected chi connectivity index (χ1v) is 6.28. The first-order chi connectivity index (χ1) is 9.22. The molecule has 0 bridgehead atoms. The van der Waals surface area contributed by atoms with Gasteiger partial charge >= 0.3 is 5.97 Å². The second-order valence-corrected chi connectivity index (χ2v) is 4.87. The van der Waals surface area contributed by atoms with E-state index in [1.807, 2.05) is 0 Å². The van der Waals surface area contributed by atoms with Gasteiger partial charge in [0, 0.05) is 11.9 Å². The van der Waals surface area contributed by atoms with Gasteiger partial charge in [-0.2, -0.15) is 0 Å². The molecule has 1 aromatic rings. The second-order valence-electron chi connectivity index (χ2n) is 4.03. The van der Waals surface area contributed by atoms with Crippen LogP contribution in [0.5, 0.6) is 0 Å². The molecule has 1 unspecified atom stereocenters. The minimum Gasteiger partial charge on any atom is -0.478 e. The number of anilines is 1. The van der Waals surface area contributed by atoms with E-state index in [1.54, 1.807) is 0 Å². The summed E-state index contributed by atoms with van der Waals surface area (Å²) in [5.41, 5.74) is -0.295. The van der Waals surface area contributed by atoms with E-state index >= 15 is 0 Å². The van der Waals surface area contributed by atoms with Crippen LogP contribution in [0, 0.1) is 0 Å². The number of carbonyl (C=O) groups is 3. The van der Waals surface area contributed by atoms with Gasteiger partial charge in [-0.1, -0.05) is 23.2 Å². The van der Waals surface area contributed by atoms with Gasteiger partial charge in [0.15, 0.2) is 0 Å². The molecule has 0 aliphatic heterocycles. The van der Waals surface area contributed by atoms with Crippen LogP contribution in [0.2, 0.25) is 10.0 Å². The Bertz CT molecular complexity index is 575. The SMILES string of the molecule is CC(=O)NC(C)C(=O)Nc1c(Cl)cc(Cl)cc1C(=O)O. The van der Waals surface area contributed by atoms with Gasteiger partial charge in [0.05, 0.1) is 16.3 Å². The van der Waals surface area contributed by atoms with Gasteiger partial charge < -0.3 is 15.7 Å². The van der Waals surface area contributed by atoms with Crippen LogP contribution >= 0.6 is 23.2 Å². The normalized spacial score (nSPS) is 11.6. The Hall–Kier alpha value is -1.79. The highest BCUT2D eigenvalue weighted by Crippen LogP contribution is 2.30. The van der Waals surface area contributed by atoms with Crippen molar-refractivity contribution in [3.63, 3.8) is 0 Å². The predicted octanol–water partition coefficient (Wildman–Crippen LogP) is 2.15. The number of hydrogen-bond acceptors (Lipinski definition) is 3. The molecule has 1 rings (SSSR count). The van der Waals surface area contributed by atoms with E-state index in [0.717, 1.165) is 0 Å². The van der Waals surface area contributed by atoms with Gasteiger partial charge in [0.1, 0.15) is 6.04 Å². The first kappa shape index (κ1) is 16.3. The summed E-state index contributed by atoms with van der Waals surface area (Å²) in [6, 6.07) is 1.66. The van der Waals surface area contributed by atoms with E-state index in [1.165, 1.54) is 26.0 Å². The summed E-state index contributed by atoms with van der Waals surface area (Å²) in [7, 11) is 0. The molecule has 20 heavy (non-hydrogen) atoms. The fourth-order valence-corrected chi connectivity index (χ4v) is 2.01. The first-order valence-electron chi connectivity index (χ1n) is 5.52. The molecule has 0 spiro atoms. The highest BCUT2D eigenvalue weighted by molar-refractivity contribution is 6.37. The Labute approximate surface area is 125 Å². The Morgan fingerprint density at radius 1 is 1.25 bits per heavy atom. The minimum atomic E-state index is -1.28. The van der Waals surface area contributed by atoms with Crippen LogP contribution in [0.15, 0.2) is 12.1 Å². The highest BCUT2D eigenvalue weighted by atomic mass is 35.5. The van der Waals surface area contributed by atoms with Crippen molar-refractivity contribution in [1.82, 2.24) is 5.32 Å². The van der Waals surface area contributed by atoms with Crippen LogP contribution < -0.4 is 10.6 Å². The molecule has 0 saturated heterocycles. The molecule has 0 aliphatic carbocycles. The molecular weight excluding hydrogens is 307 g/mol. The summed E-state index contributed by atoms with van der Waals surface area (Å²) in [6.45, 7) is 2.72. The number of amides is 2. The smallest absolute Gasteiger partial charge is 0.337 e. The van der Waals surface area contributed by atoms with Crippen molar-refractivity contribution in [2.75, 3.05) is 5.32 Å². The fraction of sp³-hybridized carbons (Fsp3) is 0.250. The number of carbonyl (C=O) groups excluding carboxylic acids is 2. The van der Waals surface area contributed by atoms with E-state index in [-0.39, 0.29) is 27.2 Å². The van der Waals surface area contributed by atoms with Crippen LogP contribution in [0.25, 0.3) is 0 Å². The van der Waals surface area contributed by atoms with E-state index < -0.39 is 17.9 Å². The van der Waals surface area contributed by atoms with E-state index in [4.69, 9.17) is 28.3 Å². The second kappa shape index (κ2) is 6.58. The molecule has 0 aliphatic rings. The number of benzene rings is 1. The van der Waals surface area contributed by atoms with Crippen LogP contribution in [0.3, 0.4) is 0 Å². The van der Waals surface area contributed by atoms with Crippen molar-refractivity contribution < 1.29 is 19.5 Å². The molecule has 108 valence electrons. The van der Waals surface area contributed by atoms with E-state index in [0.29, 0.717) is 0 Å². The topological polar surface area (TPSA) is 95.5 Å². The molecule has 0 fully saturated rings.